The number of likely N-dealkylation sites (tertiary alicyclic amines) is 1. The molecular weight excluding hydrogens is 236 g/mol. The highest BCUT2D eigenvalue weighted by Gasteiger charge is 2.23. The number of rotatable bonds is 1. The van der Waals surface area contributed by atoms with Gasteiger partial charge in [-0.05, 0) is 25.8 Å². The summed E-state index contributed by atoms with van der Waals surface area (Å²) >= 11 is 0. The average Bonchev–Trinajstić information content (AvgIpc) is 2.50. The van der Waals surface area contributed by atoms with Crippen molar-refractivity contribution in [2.24, 2.45) is 5.92 Å². The predicted molar refractivity (Wildman–Crippen MR) is 76.0 cm³/mol. The lowest BCUT2D eigenvalue weighted by Gasteiger charge is -2.31. The largest absolute Gasteiger partial charge is 0.316 e. The van der Waals surface area contributed by atoms with E-state index in [1.54, 1.807) is 0 Å². The molecule has 4 heteroatoms. The first-order chi connectivity index (χ1) is 9.35. The van der Waals surface area contributed by atoms with Crippen LogP contribution in [-0.2, 0) is 0 Å². The summed E-state index contributed by atoms with van der Waals surface area (Å²) in [5.41, 5.74) is 3.01. The molecule has 2 heterocycles. The van der Waals surface area contributed by atoms with E-state index in [1.807, 2.05) is 18.7 Å². The van der Waals surface area contributed by atoms with E-state index in [0.29, 0.717) is 12.3 Å². The van der Waals surface area contributed by atoms with Crippen molar-refractivity contribution in [1.82, 2.24) is 10.2 Å². The molecule has 0 spiro atoms. The van der Waals surface area contributed by atoms with Gasteiger partial charge < -0.3 is 10.2 Å². The van der Waals surface area contributed by atoms with E-state index in [4.69, 9.17) is 10.5 Å². The minimum atomic E-state index is 0.400. The highest BCUT2D eigenvalue weighted by atomic mass is 15.1. The van der Waals surface area contributed by atoms with Gasteiger partial charge in [-0.25, -0.2) is 0 Å². The molecule has 2 aliphatic rings. The molecule has 0 aromatic rings. The molecule has 2 aliphatic heterocycles. The lowest BCUT2D eigenvalue weighted by molar-refractivity contribution is 0.355. The van der Waals surface area contributed by atoms with Crippen LogP contribution in [0.3, 0.4) is 0 Å². The summed E-state index contributed by atoms with van der Waals surface area (Å²) in [5, 5.41) is 21.1. The van der Waals surface area contributed by atoms with Gasteiger partial charge in [0.25, 0.3) is 0 Å². The van der Waals surface area contributed by atoms with Crippen LogP contribution in [0.4, 0.5) is 0 Å². The standard InChI is InChI=1S/C13H18N4.C2H6/c14-5-1-12-9-16-6-2-13(12)11-3-7-17(10-15)8-4-11;1-2/h12,16H,1-4,6-9H2;1-2H3. The third kappa shape index (κ3) is 4.26. The van der Waals surface area contributed by atoms with Gasteiger partial charge in [0.15, 0.2) is 6.19 Å². The van der Waals surface area contributed by atoms with Gasteiger partial charge in [0, 0.05) is 32.0 Å². The molecule has 104 valence electrons. The maximum absolute atomic E-state index is 8.86. The van der Waals surface area contributed by atoms with Gasteiger partial charge in [-0.3, -0.25) is 0 Å². The van der Waals surface area contributed by atoms with Crippen LogP contribution in [0.25, 0.3) is 0 Å². The molecule has 2 fully saturated rings. The van der Waals surface area contributed by atoms with E-state index in [9.17, 15) is 0 Å². The van der Waals surface area contributed by atoms with Crippen LogP contribution < -0.4 is 5.32 Å². The SMILES string of the molecule is CC.N#CCC1CNCCC1=C1CCN(C#N)CC1. The molecule has 0 bridgehead atoms. The Morgan fingerprint density at radius 1 is 1.21 bits per heavy atom. The highest BCUT2D eigenvalue weighted by molar-refractivity contribution is 5.23. The Morgan fingerprint density at radius 2 is 1.89 bits per heavy atom. The zero-order chi connectivity index (χ0) is 14.1. The van der Waals surface area contributed by atoms with E-state index in [0.717, 1.165) is 45.4 Å². The van der Waals surface area contributed by atoms with Crippen LogP contribution in [-0.4, -0.2) is 31.1 Å². The van der Waals surface area contributed by atoms with Gasteiger partial charge in [0.1, 0.15) is 0 Å². The maximum Gasteiger partial charge on any atom is 0.179 e. The zero-order valence-electron chi connectivity index (χ0n) is 12.1. The normalized spacial score (nSPS) is 22.9. The summed E-state index contributed by atoms with van der Waals surface area (Å²) in [5.74, 6) is 0.400. The van der Waals surface area contributed by atoms with E-state index in [2.05, 4.69) is 17.6 Å². The Morgan fingerprint density at radius 3 is 2.47 bits per heavy atom. The average molecular weight is 260 g/mol. The molecule has 0 aliphatic carbocycles. The topological polar surface area (TPSA) is 62.9 Å². The number of hydrogen-bond acceptors (Lipinski definition) is 4. The second-order valence-corrected chi connectivity index (χ2v) is 4.73. The summed E-state index contributed by atoms with van der Waals surface area (Å²) in [7, 11) is 0. The molecular formula is C15H24N4. The first-order valence-electron chi connectivity index (χ1n) is 7.28. The number of nitriles is 2. The smallest absolute Gasteiger partial charge is 0.179 e. The van der Waals surface area contributed by atoms with Gasteiger partial charge in [-0.1, -0.05) is 25.0 Å². The van der Waals surface area contributed by atoms with Crippen LogP contribution in [0, 0.1) is 28.7 Å². The van der Waals surface area contributed by atoms with Gasteiger partial charge in [-0.2, -0.15) is 10.5 Å². The Labute approximate surface area is 116 Å². The van der Waals surface area contributed by atoms with Crippen LogP contribution in [0.1, 0.15) is 39.5 Å². The second kappa shape index (κ2) is 8.56. The third-order valence-corrected chi connectivity index (χ3v) is 3.75. The van der Waals surface area contributed by atoms with Crippen molar-refractivity contribution in [3.8, 4) is 12.3 Å². The fraction of sp³-hybridized carbons (Fsp3) is 0.733. The van der Waals surface area contributed by atoms with Crippen LogP contribution in [0.15, 0.2) is 11.1 Å². The van der Waals surface area contributed by atoms with E-state index in [-0.39, 0.29) is 0 Å². The quantitative estimate of drug-likeness (QED) is 0.581. The third-order valence-electron chi connectivity index (χ3n) is 3.75. The van der Waals surface area contributed by atoms with Crippen LogP contribution in [0.2, 0.25) is 0 Å². The molecule has 0 saturated carbocycles. The molecule has 2 saturated heterocycles. The van der Waals surface area contributed by atoms with Crippen molar-refractivity contribution in [1.29, 1.82) is 10.5 Å². The van der Waals surface area contributed by atoms with Crippen LogP contribution in [0.5, 0.6) is 0 Å². The minimum Gasteiger partial charge on any atom is -0.316 e. The van der Waals surface area contributed by atoms with Crippen molar-refractivity contribution >= 4 is 0 Å². The first kappa shape index (κ1) is 15.5. The van der Waals surface area contributed by atoms with Crippen molar-refractivity contribution in [3.05, 3.63) is 11.1 Å². The number of nitrogens with zero attached hydrogens (tertiary/aromatic N) is 3. The molecule has 19 heavy (non-hydrogen) atoms. The molecule has 0 amide bonds. The molecule has 1 unspecified atom stereocenters. The van der Waals surface area contributed by atoms with Gasteiger partial charge in [0.05, 0.1) is 6.07 Å². The first-order valence-corrected chi connectivity index (χ1v) is 7.28. The molecule has 4 nitrogen and oxygen atoms in total. The van der Waals surface area contributed by atoms with E-state index >= 15 is 0 Å². The Kier molecular flexibility index (Phi) is 7.00. The second-order valence-electron chi connectivity index (χ2n) is 4.73. The fourth-order valence-corrected chi connectivity index (χ4v) is 2.80. The molecule has 0 radical (unpaired) electrons. The molecule has 0 aromatic carbocycles. The lowest BCUT2D eigenvalue weighted by Crippen LogP contribution is -2.34. The Balaban J connectivity index is 0.000000861. The number of piperidine rings is 2. The summed E-state index contributed by atoms with van der Waals surface area (Å²) in [6, 6.07) is 2.29. The van der Waals surface area contributed by atoms with Crippen molar-refractivity contribution in [3.63, 3.8) is 0 Å². The maximum atomic E-state index is 8.86. The number of nitrogens with one attached hydrogen (secondary N) is 1. The van der Waals surface area contributed by atoms with E-state index in [1.165, 1.54) is 11.1 Å². The van der Waals surface area contributed by atoms with E-state index < -0.39 is 0 Å². The predicted octanol–water partition coefficient (Wildman–Crippen LogP) is 2.41. The summed E-state index contributed by atoms with van der Waals surface area (Å²) in [6.07, 6.45) is 5.92. The number of hydrogen-bond donors (Lipinski definition) is 1. The molecule has 1 N–H and O–H groups in total. The molecule has 1 atom stereocenters. The Hall–Kier alpha value is -1.52. The van der Waals surface area contributed by atoms with Gasteiger partial charge >= 0.3 is 0 Å². The van der Waals surface area contributed by atoms with Crippen LogP contribution >= 0.6 is 0 Å². The van der Waals surface area contributed by atoms with Crippen molar-refractivity contribution in [2.75, 3.05) is 26.2 Å². The molecule has 0 aromatic heterocycles. The summed E-state index contributed by atoms with van der Waals surface area (Å²) < 4.78 is 0. The van der Waals surface area contributed by atoms with Crippen molar-refractivity contribution < 1.29 is 0 Å². The molecule has 2 rings (SSSR count). The summed E-state index contributed by atoms with van der Waals surface area (Å²) in [4.78, 5) is 1.82. The van der Waals surface area contributed by atoms with Gasteiger partial charge in [0.2, 0.25) is 0 Å². The van der Waals surface area contributed by atoms with Crippen molar-refractivity contribution in [2.45, 2.75) is 39.5 Å². The Bertz CT molecular complexity index is 376. The monoisotopic (exact) mass is 260 g/mol. The fourth-order valence-electron chi connectivity index (χ4n) is 2.80. The minimum absolute atomic E-state index is 0.400. The zero-order valence-corrected chi connectivity index (χ0v) is 12.1. The summed E-state index contributed by atoms with van der Waals surface area (Å²) in [6.45, 7) is 7.67. The highest BCUT2D eigenvalue weighted by Crippen LogP contribution is 2.30. The lowest BCUT2D eigenvalue weighted by atomic mass is 9.84. The van der Waals surface area contributed by atoms with Gasteiger partial charge in [-0.15, -0.1) is 0 Å².